The zero-order valence-electron chi connectivity index (χ0n) is 18.4. The van der Waals surface area contributed by atoms with E-state index in [9.17, 15) is 17.6 Å². The van der Waals surface area contributed by atoms with Gasteiger partial charge >= 0.3 is 0 Å². The molecule has 1 aliphatic rings. The van der Waals surface area contributed by atoms with Crippen molar-refractivity contribution < 1.29 is 22.3 Å². The molecule has 2 aromatic rings. The van der Waals surface area contributed by atoms with Crippen LogP contribution < -0.4 is 14.8 Å². The summed E-state index contributed by atoms with van der Waals surface area (Å²) < 4.78 is 45.9. The summed E-state index contributed by atoms with van der Waals surface area (Å²) in [6.07, 6.45) is 1.90. The van der Waals surface area contributed by atoms with Gasteiger partial charge in [0.05, 0.1) is 13.2 Å². The number of piperidine rings is 1. The summed E-state index contributed by atoms with van der Waals surface area (Å²) in [5.41, 5.74) is 1.23. The number of hydrogen-bond donors (Lipinski definition) is 2. The van der Waals surface area contributed by atoms with Crippen LogP contribution in [0.25, 0.3) is 0 Å². The molecule has 1 amide bonds. The molecular formula is C23H30FN3O4S. The van der Waals surface area contributed by atoms with Gasteiger partial charge in [-0.25, -0.2) is 12.8 Å². The zero-order valence-corrected chi connectivity index (χ0v) is 19.2. The van der Waals surface area contributed by atoms with Crippen molar-refractivity contribution in [3.63, 3.8) is 0 Å². The van der Waals surface area contributed by atoms with Gasteiger partial charge in [-0.3, -0.25) is 9.69 Å². The first-order valence-corrected chi connectivity index (χ1v) is 12.2. The fraction of sp³-hybridized carbons (Fsp3) is 0.435. The van der Waals surface area contributed by atoms with Crippen LogP contribution in [0, 0.1) is 11.7 Å². The van der Waals surface area contributed by atoms with E-state index in [2.05, 4.69) is 27.1 Å². The highest BCUT2D eigenvalue weighted by atomic mass is 32.2. The van der Waals surface area contributed by atoms with E-state index in [0.29, 0.717) is 12.5 Å². The van der Waals surface area contributed by atoms with Crippen LogP contribution in [0.4, 0.5) is 4.39 Å². The average Bonchev–Trinajstić information content (AvgIpc) is 2.78. The molecule has 1 fully saturated rings. The molecule has 1 atom stereocenters. The summed E-state index contributed by atoms with van der Waals surface area (Å²) >= 11 is 0. The van der Waals surface area contributed by atoms with Gasteiger partial charge in [0.25, 0.3) is 0 Å². The number of carbonyl (C=O) groups excluding carboxylic acids is 1. The largest absolute Gasteiger partial charge is 0.497 e. The summed E-state index contributed by atoms with van der Waals surface area (Å²) in [7, 11) is -2.47. The summed E-state index contributed by atoms with van der Waals surface area (Å²) in [5, 5.41) is 2.83. The molecule has 9 heteroatoms. The van der Waals surface area contributed by atoms with Gasteiger partial charge < -0.3 is 10.1 Å². The number of nitrogens with zero attached hydrogens (tertiary/aromatic N) is 1. The Balaban J connectivity index is 1.42. The van der Waals surface area contributed by atoms with E-state index >= 15 is 0 Å². The third-order valence-electron chi connectivity index (χ3n) is 5.69. The van der Waals surface area contributed by atoms with Crippen LogP contribution in [0.3, 0.4) is 0 Å². The minimum Gasteiger partial charge on any atom is -0.497 e. The molecule has 0 aromatic heterocycles. The molecule has 1 heterocycles. The number of carbonyl (C=O) groups is 1. The molecule has 0 radical (unpaired) electrons. The summed E-state index contributed by atoms with van der Waals surface area (Å²) in [4.78, 5) is 14.3. The van der Waals surface area contributed by atoms with Gasteiger partial charge in [-0.15, -0.1) is 0 Å². The number of methoxy groups -OCH3 is 1. The second kappa shape index (κ2) is 10.9. The maximum atomic E-state index is 13.8. The third-order valence-corrected chi connectivity index (χ3v) is 7.26. The van der Waals surface area contributed by atoms with E-state index < -0.39 is 32.7 Å². The predicted octanol–water partition coefficient (Wildman–Crippen LogP) is 2.53. The van der Waals surface area contributed by atoms with E-state index in [-0.39, 0.29) is 0 Å². The fourth-order valence-electron chi connectivity index (χ4n) is 3.75. The van der Waals surface area contributed by atoms with E-state index in [1.165, 1.54) is 30.7 Å². The van der Waals surface area contributed by atoms with E-state index in [1.54, 1.807) is 7.11 Å². The highest BCUT2D eigenvalue weighted by molar-refractivity contribution is 7.89. The number of sulfonamides is 1. The maximum Gasteiger partial charge on any atom is 0.244 e. The van der Waals surface area contributed by atoms with Gasteiger partial charge in [-0.1, -0.05) is 24.3 Å². The lowest BCUT2D eigenvalue weighted by molar-refractivity contribution is -0.122. The van der Waals surface area contributed by atoms with E-state index in [4.69, 9.17) is 4.74 Å². The second-order valence-corrected chi connectivity index (χ2v) is 9.77. The molecule has 7 nitrogen and oxygen atoms in total. The fourth-order valence-corrected chi connectivity index (χ4v) is 5.03. The molecule has 32 heavy (non-hydrogen) atoms. The van der Waals surface area contributed by atoms with Crippen molar-refractivity contribution in [1.82, 2.24) is 14.9 Å². The Kier molecular flexibility index (Phi) is 8.22. The van der Waals surface area contributed by atoms with Gasteiger partial charge in [0, 0.05) is 13.1 Å². The topological polar surface area (TPSA) is 87.7 Å². The maximum absolute atomic E-state index is 13.8. The first-order valence-electron chi connectivity index (χ1n) is 10.7. The molecule has 0 bridgehead atoms. The lowest BCUT2D eigenvalue weighted by atomic mass is 9.96. The molecule has 0 saturated carbocycles. The summed E-state index contributed by atoms with van der Waals surface area (Å²) in [5.74, 6) is -0.102. The van der Waals surface area contributed by atoms with Crippen molar-refractivity contribution in [3.8, 4) is 5.75 Å². The Hall–Kier alpha value is -2.49. The van der Waals surface area contributed by atoms with Crippen molar-refractivity contribution in [3.05, 3.63) is 59.9 Å². The first-order chi connectivity index (χ1) is 15.3. The third kappa shape index (κ3) is 6.51. The number of amides is 1. The van der Waals surface area contributed by atoms with Gasteiger partial charge in [-0.05, 0) is 68.6 Å². The Morgan fingerprint density at radius 1 is 1.16 bits per heavy atom. The van der Waals surface area contributed by atoms with Gasteiger partial charge in [0.2, 0.25) is 15.9 Å². The molecule has 2 aromatic carbocycles. The number of nitrogens with one attached hydrogen (secondary N) is 2. The van der Waals surface area contributed by atoms with E-state index in [0.717, 1.165) is 44.3 Å². The lowest BCUT2D eigenvalue weighted by Gasteiger charge is -2.32. The van der Waals surface area contributed by atoms with Gasteiger partial charge in [0.15, 0.2) is 0 Å². The summed E-state index contributed by atoms with van der Waals surface area (Å²) in [6.45, 7) is 4.67. The van der Waals surface area contributed by atoms with Crippen LogP contribution in [-0.2, 0) is 21.4 Å². The first kappa shape index (κ1) is 24.2. The number of ether oxygens (including phenoxy) is 1. The normalized spacial score (nSPS) is 16.5. The minimum absolute atomic E-state index is 0.335. The molecule has 174 valence electrons. The molecule has 1 aliphatic heterocycles. The smallest absolute Gasteiger partial charge is 0.244 e. The summed E-state index contributed by atoms with van der Waals surface area (Å²) in [6, 6.07) is 12.1. The molecule has 2 N–H and O–H groups in total. The van der Waals surface area contributed by atoms with Crippen LogP contribution in [0.1, 0.15) is 25.3 Å². The van der Waals surface area contributed by atoms with Crippen molar-refractivity contribution in [1.29, 1.82) is 0 Å². The van der Waals surface area contributed by atoms with Crippen molar-refractivity contribution in [2.75, 3.05) is 26.7 Å². The van der Waals surface area contributed by atoms with Crippen molar-refractivity contribution in [2.24, 2.45) is 5.92 Å². The average molecular weight is 464 g/mol. The molecule has 0 spiro atoms. The van der Waals surface area contributed by atoms with Crippen molar-refractivity contribution in [2.45, 2.75) is 37.2 Å². The number of benzene rings is 2. The highest BCUT2D eigenvalue weighted by Crippen LogP contribution is 2.20. The Bertz CT molecular complexity index is 1010. The van der Waals surface area contributed by atoms with Gasteiger partial charge in [-0.2, -0.15) is 4.72 Å². The second-order valence-electron chi connectivity index (χ2n) is 8.09. The van der Waals surface area contributed by atoms with Crippen LogP contribution in [0.5, 0.6) is 5.75 Å². The molecule has 0 aliphatic carbocycles. The standard InChI is InChI=1S/C23H30FN3O4S/c1-17(26-32(29,30)22-6-4-3-5-21(22)24)23(28)25-15-18-11-13-27(14-12-18)16-19-7-9-20(31-2)10-8-19/h3-10,17-18,26H,11-16H2,1-2H3,(H,25,28)/t17-/m0/s1. The van der Waals surface area contributed by atoms with Crippen LogP contribution in [0.2, 0.25) is 0 Å². The number of likely N-dealkylation sites (tertiary alicyclic amines) is 1. The molecule has 0 unspecified atom stereocenters. The molecular weight excluding hydrogens is 433 g/mol. The van der Waals surface area contributed by atoms with Gasteiger partial charge in [0.1, 0.15) is 16.5 Å². The van der Waals surface area contributed by atoms with Crippen LogP contribution in [-0.4, -0.2) is 52.0 Å². The zero-order chi connectivity index (χ0) is 23.1. The van der Waals surface area contributed by atoms with E-state index in [1.807, 2.05) is 12.1 Å². The number of hydrogen-bond acceptors (Lipinski definition) is 5. The Morgan fingerprint density at radius 3 is 2.44 bits per heavy atom. The quantitative estimate of drug-likeness (QED) is 0.597. The Labute approximate surface area is 189 Å². The van der Waals surface area contributed by atoms with Crippen LogP contribution in [0.15, 0.2) is 53.4 Å². The Morgan fingerprint density at radius 2 is 1.81 bits per heavy atom. The molecule has 3 rings (SSSR count). The monoisotopic (exact) mass is 463 g/mol. The lowest BCUT2D eigenvalue weighted by Crippen LogP contribution is -2.47. The predicted molar refractivity (Wildman–Crippen MR) is 120 cm³/mol. The van der Waals surface area contributed by atoms with Crippen LogP contribution >= 0.6 is 0 Å². The van der Waals surface area contributed by atoms with Crippen molar-refractivity contribution >= 4 is 15.9 Å². The molecule has 1 saturated heterocycles. The minimum atomic E-state index is -4.12. The number of rotatable bonds is 9. The highest BCUT2D eigenvalue weighted by Gasteiger charge is 2.25. The number of halogens is 1. The SMILES string of the molecule is COc1ccc(CN2CCC(CNC(=O)[C@H](C)NS(=O)(=O)c3ccccc3F)CC2)cc1.